The van der Waals surface area contributed by atoms with Crippen molar-refractivity contribution in [2.45, 2.75) is 69.6 Å². The van der Waals surface area contributed by atoms with Gasteiger partial charge in [0.05, 0.1) is 33.7 Å². The molecular formula is C39H33ClF6N8O2. The van der Waals surface area contributed by atoms with Crippen LogP contribution in [0.3, 0.4) is 0 Å². The van der Waals surface area contributed by atoms with E-state index in [0.717, 1.165) is 12.1 Å². The van der Waals surface area contributed by atoms with E-state index in [9.17, 15) is 32.7 Å². The molecule has 290 valence electrons. The van der Waals surface area contributed by atoms with Crippen LogP contribution in [0.2, 0.25) is 5.02 Å². The molecule has 1 amide bonds. The van der Waals surface area contributed by atoms with Gasteiger partial charge in [0, 0.05) is 35.7 Å². The van der Waals surface area contributed by atoms with E-state index in [0.29, 0.717) is 50.0 Å². The number of anilines is 1. The van der Waals surface area contributed by atoms with Gasteiger partial charge in [-0.2, -0.15) is 24.2 Å². The van der Waals surface area contributed by atoms with E-state index in [1.807, 2.05) is 6.07 Å². The van der Waals surface area contributed by atoms with Crippen LogP contribution in [0.25, 0.3) is 22.0 Å². The van der Waals surface area contributed by atoms with E-state index in [1.165, 1.54) is 18.5 Å². The van der Waals surface area contributed by atoms with Crippen molar-refractivity contribution in [3.8, 4) is 29.0 Å². The Kier molecular flexibility index (Phi) is 10.0. The molecule has 5 aromatic rings. The van der Waals surface area contributed by atoms with Crippen LogP contribution in [-0.2, 0) is 30.7 Å². The normalized spacial score (nSPS) is 17.4. The first kappa shape index (κ1) is 38.7. The predicted molar refractivity (Wildman–Crippen MR) is 194 cm³/mol. The van der Waals surface area contributed by atoms with Crippen molar-refractivity contribution in [1.82, 2.24) is 29.9 Å². The molecule has 0 radical (unpaired) electrons. The number of nitrogens with one attached hydrogen (secondary N) is 2. The third-order valence-corrected chi connectivity index (χ3v) is 10.3. The fraction of sp³-hybridized carbons (Fsp3) is 0.359. The maximum absolute atomic E-state index is 15.6. The molecule has 2 aromatic carbocycles. The summed E-state index contributed by atoms with van der Waals surface area (Å²) >= 11 is 6.64. The van der Waals surface area contributed by atoms with Gasteiger partial charge in [0.2, 0.25) is 5.91 Å². The van der Waals surface area contributed by atoms with Crippen LogP contribution in [0.5, 0.6) is 0 Å². The number of pyridine rings is 1. The van der Waals surface area contributed by atoms with Crippen molar-refractivity contribution < 1.29 is 36.2 Å². The molecule has 3 heterocycles. The molecule has 3 N–H and O–H groups in total. The van der Waals surface area contributed by atoms with Gasteiger partial charge < -0.3 is 15.7 Å². The topological polar surface area (TPSA) is 134 Å². The van der Waals surface area contributed by atoms with Gasteiger partial charge in [0.1, 0.15) is 47.4 Å². The van der Waals surface area contributed by atoms with Crippen LogP contribution in [0, 0.1) is 40.7 Å². The van der Waals surface area contributed by atoms with Crippen molar-refractivity contribution in [3.05, 3.63) is 93.0 Å². The maximum atomic E-state index is 15.6. The lowest BCUT2D eigenvalue weighted by molar-refractivity contribution is -0.123. The number of rotatable bonds is 10. The Labute approximate surface area is 321 Å². The molecule has 3 atom stereocenters. The van der Waals surface area contributed by atoms with Crippen LogP contribution in [0.15, 0.2) is 42.5 Å². The Hall–Kier alpha value is -5.58. The molecule has 1 fully saturated rings. The van der Waals surface area contributed by atoms with E-state index in [1.54, 1.807) is 31.3 Å². The lowest BCUT2D eigenvalue weighted by Gasteiger charge is -2.34. The first-order valence-corrected chi connectivity index (χ1v) is 17.9. The number of aromatic nitrogens is 5. The van der Waals surface area contributed by atoms with Crippen LogP contribution in [-0.4, -0.2) is 47.7 Å². The van der Waals surface area contributed by atoms with Gasteiger partial charge in [-0.25, -0.2) is 22.5 Å². The zero-order valence-electron chi connectivity index (χ0n) is 30.1. The fourth-order valence-corrected chi connectivity index (χ4v) is 7.84. The maximum Gasteiger partial charge on any atom is 0.293 e. The molecule has 1 saturated carbocycles. The minimum atomic E-state index is -3.50. The molecule has 10 nitrogen and oxygen atoms in total. The minimum absolute atomic E-state index is 0.0846. The number of carbonyl (C=O) groups is 1. The highest BCUT2D eigenvalue weighted by Crippen LogP contribution is 2.63. The van der Waals surface area contributed by atoms with E-state index in [-0.39, 0.29) is 41.9 Å². The van der Waals surface area contributed by atoms with Crippen molar-refractivity contribution in [2.75, 3.05) is 11.9 Å². The van der Waals surface area contributed by atoms with Gasteiger partial charge in [-0.05, 0) is 80.8 Å². The standard InChI is InChI=1S/C39H33ClF6N8O2/c1-38(2,56)11-10-22-4-5-23(24-7-9-27(40)31-34(24)53(3)52-37(31)48-13-12-47)32(49-22)28(16-19-14-20(41)17-21(42)15-19)50-29(55)18-54-35-30(33(51-54)36(43)44)25-6-8-26(25)39(35,45)46/h4-5,7,9,14-15,17,25-26,28,36,56H,6,8,13,16,18H2,1-3H3,(H,48,52)(H,50,55). The zero-order chi connectivity index (χ0) is 40.3. The summed E-state index contributed by atoms with van der Waals surface area (Å²) in [4.78, 5) is 18.7. The Morgan fingerprint density at radius 1 is 1.09 bits per heavy atom. The highest BCUT2D eigenvalue weighted by molar-refractivity contribution is 6.37. The Morgan fingerprint density at radius 2 is 1.80 bits per heavy atom. The average molecular weight is 795 g/mol. The van der Waals surface area contributed by atoms with Gasteiger partial charge in [-0.3, -0.25) is 14.2 Å². The lowest BCUT2D eigenvalue weighted by Crippen LogP contribution is -2.36. The average Bonchev–Trinajstić information content (AvgIpc) is 3.67. The van der Waals surface area contributed by atoms with E-state index in [2.05, 4.69) is 32.7 Å². The summed E-state index contributed by atoms with van der Waals surface area (Å²) < 4.78 is 90.8. The van der Waals surface area contributed by atoms with Crippen LogP contribution < -0.4 is 10.6 Å². The molecule has 3 aromatic heterocycles. The molecule has 0 saturated heterocycles. The van der Waals surface area contributed by atoms with Gasteiger partial charge in [0.15, 0.2) is 5.82 Å². The fourth-order valence-electron chi connectivity index (χ4n) is 7.60. The van der Waals surface area contributed by atoms with Crippen molar-refractivity contribution in [3.63, 3.8) is 0 Å². The lowest BCUT2D eigenvalue weighted by atomic mass is 9.73. The number of nitriles is 1. The summed E-state index contributed by atoms with van der Waals surface area (Å²) in [6.07, 6.45) is -3.01. The molecule has 56 heavy (non-hydrogen) atoms. The summed E-state index contributed by atoms with van der Waals surface area (Å²) in [5.41, 5.74) is -1.55. The van der Waals surface area contributed by atoms with E-state index >= 15 is 8.78 Å². The number of carbonyl (C=O) groups excluding carboxylic acids is 1. The molecule has 3 unspecified atom stereocenters. The van der Waals surface area contributed by atoms with Crippen molar-refractivity contribution >= 4 is 34.2 Å². The van der Waals surface area contributed by atoms with Crippen LogP contribution >= 0.6 is 11.6 Å². The third kappa shape index (κ3) is 7.15. The number of nitrogens with zero attached hydrogens (tertiary/aromatic N) is 6. The highest BCUT2D eigenvalue weighted by Gasteiger charge is 2.62. The zero-order valence-corrected chi connectivity index (χ0v) is 30.8. The number of alkyl halides is 4. The number of hydrogen-bond acceptors (Lipinski definition) is 7. The van der Waals surface area contributed by atoms with Gasteiger partial charge in [-0.1, -0.05) is 23.6 Å². The largest absolute Gasteiger partial charge is 0.378 e. The molecule has 7 rings (SSSR count). The molecule has 0 aliphatic heterocycles. The van der Waals surface area contributed by atoms with Crippen LogP contribution in [0.1, 0.15) is 79.0 Å². The summed E-state index contributed by atoms with van der Waals surface area (Å²) in [7, 11) is 1.64. The van der Waals surface area contributed by atoms with E-state index in [4.69, 9.17) is 16.6 Å². The highest BCUT2D eigenvalue weighted by atomic mass is 35.5. The SMILES string of the molecule is Cn1nc(NCC#N)c2c(Cl)ccc(-c3ccc(C#CC(C)(C)O)nc3C(Cc3cc(F)cc(F)c3)NC(=O)Cn3nc(C(F)F)c4c3C(F)(F)C3CCC43)c21. The van der Waals surface area contributed by atoms with Crippen molar-refractivity contribution in [1.29, 1.82) is 5.26 Å². The Bertz CT molecular complexity index is 2470. The van der Waals surface area contributed by atoms with Gasteiger partial charge >= 0.3 is 0 Å². The Balaban J connectivity index is 1.38. The summed E-state index contributed by atoms with van der Waals surface area (Å²) in [6.45, 7) is 1.95. The minimum Gasteiger partial charge on any atom is -0.378 e. The monoisotopic (exact) mass is 794 g/mol. The van der Waals surface area contributed by atoms with Gasteiger partial charge in [0.25, 0.3) is 12.3 Å². The van der Waals surface area contributed by atoms with Crippen molar-refractivity contribution in [2.24, 2.45) is 13.0 Å². The number of amides is 1. The smallest absolute Gasteiger partial charge is 0.293 e. The number of benzene rings is 2. The molecular weight excluding hydrogens is 762 g/mol. The second kappa shape index (κ2) is 14.5. The summed E-state index contributed by atoms with van der Waals surface area (Å²) in [5.74, 6) is -2.44. The number of aryl methyl sites for hydroxylation is 1. The number of aliphatic hydroxyl groups is 1. The molecule has 2 aliphatic carbocycles. The Morgan fingerprint density at radius 3 is 2.45 bits per heavy atom. The second-order valence-corrected chi connectivity index (χ2v) is 14.8. The summed E-state index contributed by atoms with van der Waals surface area (Å²) in [6, 6.07) is 9.95. The molecule has 2 aliphatic rings. The molecule has 17 heteroatoms. The number of fused-ring (bicyclic) bond motifs is 4. The number of halogens is 7. The second-order valence-electron chi connectivity index (χ2n) is 14.4. The molecule has 0 bridgehead atoms. The van der Waals surface area contributed by atoms with Gasteiger partial charge in [-0.15, -0.1) is 0 Å². The number of hydrogen-bond donors (Lipinski definition) is 3. The quantitative estimate of drug-likeness (QED) is 0.0760. The third-order valence-electron chi connectivity index (χ3n) is 9.96. The van der Waals surface area contributed by atoms with Crippen LogP contribution in [0.4, 0.5) is 32.2 Å². The summed E-state index contributed by atoms with van der Waals surface area (Å²) in [5, 5.41) is 34.2. The van der Waals surface area contributed by atoms with E-state index < -0.39 is 71.3 Å². The predicted octanol–water partition coefficient (Wildman–Crippen LogP) is 7.46. The first-order chi connectivity index (χ1) is 26.5. The molecule has 0 spiro atoms. The first-order valence-electron chi connectivity index (χ1n) is 17.5.